The van der Waals surface area contributed by atoms with E-state index in [2.05, 4.69) is 15.2 Å². The molecular weight excluding hydrogens is 383 g/mol. The maximum atomic E-state index is 12.9. The van der Waals surface area contributed by atoms with Crippen molar-refractivity contribution < 1.29 is 22.6 Å². The second kappa shape index (κ2) is 11.4. The van der Waals surface area contributed by atoms with E-state index in [1.54, 1.807) is 20.2 Å². The van der Waals surface area contributed by atoms with Gasteiger partial charge in [-0.3, -0.25) is 4.99 Å². The third kappa shape index (κ3) is 7.51. The molecule has 0 aromatic heterocycles. The number of likely N-dealkylation sites (tertiary alicyclic amines) is 1. The van der Waals surface area contributed by atoms with Crippen LogP contribution in [0.1, 0.15) is 36.8 Å². The molecule has 1 fully saturated rings. The molecule has 1 aromatic rings. The van der Waals surface area contributed by atoms with Crippen LogP contribution in [0.3, 0.4) is 0 Å². The first-order valence-electron chi connectivity index (χ1n) is 10.0. The highest BCUT2D eigenvalue weighted by atomic mass is 19.4. The van der Waals surface area contributed by atoms with Crippen molar-refractivity contribution >= 4 is 5.96 Å². The summed E-state index contributed by atoms with van der Waals surface area (Å²) >= 11 is 0. The first-order chi connectivity index (χ1) is 13.8. The van der Waals surface area contributed by atoms with Gasteiger partial charge in [-0.1, -0.05) is 25.1 Å². The van der Waals surface area contributed by atoms with Crippen LogP contribution in [0.4, 0.5) is 13.2 Å². The lowest BCUT2D eigenvalue weighted by Gasteiger charge is -2.22. The van der Waals surface area contributed by atoms with E-state index >= 15 is 0 Å². The molecule has 8 heteroatoms. The van der Waals surface area contributed by atoms with Crippen LogP contribution in [0.5, 0.6) is 0 Å². The molecule has 1 aliphatic heterocycles. The Labute approximate surface area is 171 Å². The SMILES string of the molecule is CN=C(NCCC(C)c1cccc(C(F)(F)F)c1)N1CCC(COCCOC)C1. The number of benzene rings is 1. The summed E-state index contributed by atoms with van der Waals surface area (Å²) in [6, 6.07) is 5.58. The molecule has 1 heterocycles. The largest absolute Gasteiger partial charge is 0.416 e. The van der Waals surface area contributed by atoms with Crippen molar-refractivity contribution in [2.75, 3.05) is 53.6 Å². The van der Waals surface area contributed by atoms with E-state index in [-0.39, 0.29) is 5.92 Å². The third-order valence-electron chi connectivity index (χ3n) is 5.23. The number of rotatable bonds is 9. The second-order valence-corrected chi connectivity index (χ2v) is 7.46. The zero-order valence-electron chi connectivity index (χ0n) is 17.5. The van der Waals surface area contributed by atoms with Crippen LogP contribution in [0.2, 0.25) is 0 Å². The smallest absolute Gasteiger partial charge is 0.382 e. The molecule has 1 saturated heterocycles. The fourth-order valence-electron chi connectivity index (χ4n) is 3.47. The summed E-state index contributed by atoms with van der Waals surface area (Å²) in [5.41, 5.74) is 0.104. The van der Waals surface area contributed by atoms with E-state index < -0.39 is 11.7 Å². The predicted molar refractivity (Wildman–Crippen MR) is 108 cm³/mol. The van der Waals surface area contributed by atoms with Gasteiger partial charge in [-0.05, 0) is 30.4 Å². The van der Waals surface area contributed by atoms with Gasteiger partial charge in [0.25, 0.3) is 0 Å². The zero-order chi connectivity index (χ0) is 21.3. The number of guanidine groups is 1. The van der Waals surface area contributed by atoms with E-state index in [0.29, 0.717) is 37.8 Å². The second-order valence-electron chi connectivity index (χ2n) is 7.46. The number of hydrogen-bond donors (Lipinski definition) is 1. The molecule has 2 rings (SSSR count). The zero-order valence-corrected chi connectivity index (χ0v) is 17.5. The summed E-state index contributed by atoms with van der Waals surface area (Å²) in [6.45, 7) is 6.32. The van der Waals surface area contributed by atoms with Crippen LogP contribution < -0.4 is 5.32 Å². The van der Waals surface area contributed by atoms with Gasteiger partial charge in [0.15, 0.2) is 5.96 Å². The third-order valence-corrected chi connectivity index (χ3v) is 5.23. The number of hydrogen-bond acceptors (Lipinski definition) is 3. The molecule has 0 saturated carbocycles. The minimum absolute atomic E-state index is 0.0171. The van der Waals surface area contributed by atoms with Crippen molar-refractivity contribution in [3.8, 4) is 0 Å². The molecule has 5 nitrogen and oxygen atoms in total. The molecule has 1 aromatic carbocycles. The standard InChI is InChI=1S/C21H32F3N3O2/c1-16(18-5-4-6-19(13-18)21(22,23)24)7-9-26-20(25-2)27-10-8-17(14-27)15-29-12-11-28-3/h4-6,13,16-17H,7-12,14-15H2,1-3H3,(H,25,26). The normalized spacial score (nSPS) is 18.9. The maximum absolute atomic E-state index is 12.9. The quantitative estimate of drug-likeness (QED) is 0.379. The molecule has 2 atom stereocenters. The molecule has 0 spiro atoms. The number of alkyl halides is 3. The molecule has 164 valence electrons. The van der Waals surface area contributed by atoms with E-state index in [1.165, 1.54) is 12.1 Å². The van der Waals surface area contributed by atoms with E-state index in [0.717, 1.165) is 38.0 Å². The monoisotopic (exact) mass is 415 g/mol. The average Bonchev–Trinajstić information content (AvgIpc) is 3.16. The number of nitrogens with one attached hydrogen (secondary N) is 1. The summed E-state index contributed by atoms with van der Waals surface area (Å²) in [4.78, 5) is 6.56. The highest BCUT2D eigenvalue weighted by Gasteiger charge is 2.30. The first-order valence-corrected chi connectivity index (χ1v) is 10.0. The fourth-order valence-corrected chi connectivity index (χ4v) is 3.47. The van der Waals surface area contributed by atoms with Crippen LogP contribution in [0.25, 0.3) is 0 Å². The van der Waals surface area contributed by atoms with Gasteiger partial charge in [0, 0.05) is 39.7 Å². The Morgan fingerprint density at radius 2 is 2.14 bits per heavy atom. The molecule has 2 unspecified atom stereocenters. The van der Waals surface area contributed by atoms with Crippen molar-refractivity contribution in [2.45, 2.75) is 31.9 Å². The number of nitrogens with zero attached hydrogens (tertiary/aromatic N) is 2. The Bertz CT molecular complexity index is 652. The lowest BCUT2D eigenvalue weighted by Crippen LogP contribution is -2.40. The van der Waals surface area contributed by atoms with Crippen molar-refractivity contribution in [2.24, 2.45) is 10.9 Å². The lowest BCUT2D eigenvalue weighted by molar-refractivity contribution is -0.137. The van der Waals surface area contributed by atoms with Crippen LogP contribution >= 0.6 is 0 Å². The summed E-state index contributed by atoms with van der Waals surface area (Å²) in [5.74, 6) is 1.32. The summed E-state index contributed by atoms with van der Waals surface area (Å²) in [5, 5.41) is 3.35. The van der Waals surface area contributed by atoms with Gasteiger partial charge < -0.3 is 19.7 Å². The van der Waals surface area contributed by atoms with Gasteiger partial charge >= 0.3 is 6.18 Å². The number of ether oxygens (including phenoxy) is 2. The molecule has 0 amide bonds. The van der Waals surface area contributed by atoms with E-state index in [9.17, 15) is 13.2 Å². The molecule has 0 aliphatic carbocycles. The average molecular weight is 416 g/mol. The van der Waals surface area contributed by atoms with Gasteiger partial charge in [-0.15, -0.1) is 0 Å². The van der Waals surface area contributed by atoms with Gasteiger partial charge in [0.1, 0.15) is 0 Å². The summed E-state index contributed by atoms with van der Waals surface area (Å²) in [7, 11) is 3.41. The Morgan fingerprint density at radius 1 is 1.34 bits per heavy atom. The van der Waals surface area contributed by atoms with E-state index in [1.807, 2.05) is 6.92 Å². The van der Waals surface area contributed by atoms with Crippen molar-refractivity contribution in [3.05, 3.63) is 35.4 Å². The van der Waals surface area contributed by atoms with Crippen LogP contribution in [0, 0.1) is 5.92 Å². The van der Waals surface area contributed by atoms with E-state index in [4.69, 9.17) is 9.47 Å². The van der Waals surface area contributed by atoms with Crippen molar-refractivity contribution in [1.82, 2.24) is 10.2 Å². The van der Waals surface area contributed by atoms with Crippen molar-refractivity contribution in [3.63, 3.8) is 0 Å². The Hall–Kier alpha value is -1.80. The minimum Gasteiger partial charge on any atom is -0.382 e. The van der Waals surface area contributed by atoms with Crippen LogP contribution in [0.15, 0.2) is 29.3 Å². The molecule has 0 bridgehead atoms. The highest BCUT2D eigenvalue weighted by molar-refractivity contribution is 5.80. The first kappa shape index (κ1) is 23.5. The predicted octanol–water partition coefficient (Wildman–Crippen LogP) is 3.76. The molecular formula is C21H32F3N3O2. The van der Waals surface area contributed by atoms with Crippen LogP contribution in [-0.4, -0.2) is 64.5 Å². The summed E-state index contributed by atoms with van der Waals surface area (Å²) < 4.78 is 49.3. The van der Waals surface area contributed by atoms with Gasteiger partial charge in [0.05, 0.1) is 25.4 Å². The number of halogens is 3. The Balaban J connectivity index is 1.77. The van der Waals surface area contributed by atoms with Gasteiger partial charge in [-0.2, -0.15) is 13.2 Å². The lowest BCUT2D eigenvalue weighted by atomic mass is 9.96. The van der Waals surface area contributed by atoms with Crippen molar-refractivity contribution in [1.29, 1.82) is 0 Å². The molecule has 0 radical (unpaired) electrons. The molecule has 1 aliphatic rings. The van der Waals surface area contributed by atoms with Gasteiger partial charge in [0.2, 0.25) is 0 Å². The Morgan fingerprint density at radius 3 is 2.83 bits per heavy atom. The summed E-state index contributed by atoms with van der Waals surface area (Å²) in [6.07, 6.45) is -2.54. The van der Waals surface area contributed by atoms with Gasteiger partial charge in [-0.25, -0.2) is 0 Å². The van der Waals surface area contributed by atoms with Crippen LogP contribution in [-0.2, 0) is 15.7 Å². The Kier molecular flexibility index (Phi) is 9.23. The minimum atomic E-state index is -4.31. The topological polar surface area (TPSA) is 46.1 Å². The molecule has 29 heavy (non-hydrogen) atoms. The molecule has 1 N–H and O–H groups in total. The maximum Gasteiger partial charge on any atom is 0.416 e. The fraction of sp³-hybridized carbons (Fsp3) is 0.667. The highest BCUT2D eigenvalue weighted by Crippen LogP contribution is 2.31. The number of methoxy groups -OCH3 is 1. The number of aliphatic imine (C=N–C) groups is 1.